The van der Waals surface area contributed by atoms with Gasteiger partial charge < -0.3 is 10.1 Å². The van der Waals surface area contributed by atoms with E-state index in [1.165, 1.54) is 0 Å². The van der Waals surface area contributed by atoms with Crippen LogP contribution in [0.25, 0.3) is 5.69 Å². The number of thioether (sulfide) groups is 1. The van der Waals surface area contributed by atoms with Crippen molar-refractivity contribution in [1.29, 1.82) is 0 Å². The van der Waals surface area contributed by atoms with E-state index in [2.05, 4.69) is 20.8 Å². The van der Waals surface area contributed by atoms with Crippen molar-refractivity contribution in [2.45, 2.75) is 18.6 Å². The number of hydrogen-bond acceptors (Lipinski definition) is 6. The highest BCUT2D eigenvalue weighted by molar-refractivity contribution is 7.99. The molecule has 3 aromatic rings. The van der Waals surface area contributed by atoms with Gasteiger partial charge in [0.25, 0.3) is 0 Å². The molecule has 0 bridgehead atoms. The van der Waals surface area contributed by atoms with E-state index >= 15 is 0 Å². The highest BCUT2D eigenvalue weighted by Crippen LogP contribution is 2.25. The molecule has 144 valence electrons. The van der Waals surface area contributed by atoms with Crippen LogP contribution >= 0.6 is 35.8 Å². The Morgan fingerprint density at radius 3 is 2.74 bits per heavy atom. The van der Waals surface area contributed by atoms with Crippen LogP contribution in [0.2, 0.25) is 5.02 Å². The molecule has 0 aliphatic carbocycles. The predicted molar refractivity (Wildman–Crippen MR) is 111 cm³/mol. The van der Waals surface area contributed by atoms with Gasteiger partial charge in [0.1, 0.15) is 5.75 Å². The number of nitrogens with zero attached hydrogens (tertiary/aromatic N) is 4. The quantitative estimate of drug-likeness (QED) is 0.412. The normalized spacial score (nSPS) is 10.4. The highest BCUT2D eigenvalue weighted by atomic mass is 35.5. The molecule has 1 heterocycles. The zero-order chi connectivity index (χ0) is 18.2. The molecule has 27 heavy (non-hydrogen) atoms. The molecule has 0 radical (unpaired) electrons. The standard InChI is InChI=1S/C18H20ClN5OS.ClH/c1-2-25-17-9-8-14(12-16(17)19)13-20-10-11-26-18-21-22-23-24(18)15-6-4-3-5-7-15;/h3-9,12,20H,2,10-11,13H2,1H3;1H. The fourth-order valence-electron chi connectivity index (χ4n) is 2.37. The number of hydrogen-bond donors (Lipinski definition) is 1. The number of benzene rings is 2. The van der Waals surface area contributed by atoms with Gasteiger partial charge in [-0.15, -0.1) is 17.5 Å². The highest BCUT2D eigenvalue weighted by Gasteiger charge is 2.08. The van der Waals surface area contributed by atoms with E-state index in [1.807, 2.05) is 55.5 Å². The van der Waals surface area contributed by atoms with E-state index < -0.39 is 0 Å². The summed E-state index contributed by atoms with van der Waals surface area (Å²) in [7, 11) is 0. The van der Waals surface area contributed by atoms with Crippen molar-refractivity contribution >= 4 is 35.8 Å². The summed E-state index contributed by atoms with van der Waals surface area (Å²) >= 11 is 7.82. The molecule has 3 rings (SSSR count). The smallest absolute Gasteiger partial charge is 0.214 e. The van der Waals surface area contributed by atoms with Crippen LogP contribution in [-0.4, -0.2) is 39.1 Å². The molecular weight excluding hydrogens is 405 g/mol. The van der Waals surface area contributed by atoms with Crippen LogP contribution in [0.3, 0.4) is 0 Å². The minimum absolute atomic E-state index is 0. The van der Waals surface area contributed by atoms with Crippen LogP contribution in [0.5, 0.6) is 5.75 Å². The second-order valence-corrected chi connectivity index (χ2v) is 6.90. The summed E-state index contributed by atoms with van der Waals surface area (Å²) in [6.45, 7) is 4.13. The summed E-state index contributed by atoms with van der Waals surface area (Å²) in [4.78, 5) is 0. The molecule has 2 aromatic carbocycles. The Bertz CT molecular complexity index is 832. The fraction of sp³-hybridized carbons (Fsp3) is 0.278. The summed E-state index contributed by atoms with van der Waals surface area (Å²) in [5.74, 6) is 1.58. The monoisotopic (exact) mass is 425 g/mol. The Morgan fingerprint density at radius 2 is 2.00 bits per heavy atom. The van der Waals surface area contributed by atoms with Gasteiger partial charge in [-0.3, -0.25) is 0 Å². The lowest BCUT2D eigenvalue weighted by atomic mass is 10.2. The van der Waals surface area contributed by atoms with Gasteiger partial charge in [0.15, 0.2) is 0 Å². The average Bonchev–Trinajstić information content (AvgIpc) is 3.13. The van der Waals surface area contributed by atoms with Crippen LogP contribution in [0.1, 0.15) is 12.5 Å². The summed E-state index contributed by atoms with van der Waals surface area (Å²) in [6, 6.07) is 15.7. The van der Waals surface area contributed by atoms with Crippen molar-refractivity contribution in [1.82, 2.24) is 25.5 Å². The third-order valence-electron chi connectivity index (χ3n) is 3.58. The minimum Gasteiger partial charge on any atom is -0.492 e. The van der Waals surface area contributed by atoms with E-state index in [0.29, 0.717) is 11.6 Å². The maximum Gasteiger partial charge on any atom is 0.214 e. The molecule has 0 aliphatic rings. The van der Waals surface area contributed by atoms with Gasteiger partial charge in [-0.25, -0.2) is 0 Å². The Balaban J connectivity index is 0.00000261. The second kappa shape index (κ2) is 11.1. The topological polar surface area (TPSA) is 64.9 Å². The van der Waals surface area contributed by atoms with Gasteiger partial charge in [-0.05, 0) is 47.2 Å². The molecular formula is C18H21Cl2N5OS. The first-order chi connectivity index (χ1) is 12.8. The third-order valence-corrected chi connectivity index (χ3v) is 4.79. The number of halogens is 2. The van der Waals surface area contributed by atoms with Crippen LogP contribution < -0.4 is 10.1 Å². The third kappa shape index (κ3) is 6.10. The predicted octanol–water partition coefficient (Wildman–Crippen LogP) is 4.02. The maximum atomic E-state index is 6.21. The van der Waals surface area contributed by atoms with Gasteiger partial charge in [-0.1, -0.05) is 47.6 Å². The SMILES string of the molecule is CCOc1ccc(CNCCSc2nnnn2-c2ccccc2)cc1Cl.Cl. The van der Waals surface area contributed by atoms with Crippen LogP contribution in [0.15, 0.2) is 53.7 Å². The summed E-state index contributed by atoms with van der Waals surface area (Å²) in [5.41, 5.74) is 2.08. The van der Waals surface area contributed by atoms with E-state index in [9.17, 15) is 0 Å². The van der Waals surface area contributed by atoms with Crippen LogP contribution in [0.4, 0.5) is 0 Å². The first kappa shape index (κ1) is 21.5. The molecule has 0 amide bonds. The maximum absolute atomic E-state index is 6.21. The van der Waals surface area contributed by atoms with Gasteiger partial charge in [0, 0.05) is 18.8 Å². The number of ether oxygens (including phenoxy) is 1. The molecule has 0 atom stereocenters. The van der Waals surface area contributed by atoms with Crippen molar-refractivity contribution in [2.24, 2.45) is 0 Å². The lowest BCUT2D eigenvalue weighted by Crippen LogP contribution is -2.16. The summed E-state index contributed by atoms with van der Waals surface area (Å²) in [6.07, 6.45) is 0. The molecule has 6 nitrogen and oxygen atoms in total. The molecule has 1 aromatic heterocycles. The molecule has 0 aliphatic heterocycles. The van der Waals surface area contributed by atoms with E-state index in [4.69, 9.17) is 16.3 Å². The van der Waals surface area contributed by atoms with Crippen molar-refractivity contribution < 1.29 is 4.74 Å². The molecule has 1 N–H and O–H groups in total. The minimum atomic E-state index is 0. The van der Waals surface area contributed by atoms with Crippen molar-refractivity contribution in [2.75, 3.05) is 18.9 Å². The van der Waals surface area contributed by atoms with E-state index in [1.54, 1.807) is 16.4 Å². The lowest BCUT2D eigenvalue weighted by Gasteiger charge is -2.09. The Morgan fingerprint density at radius 1 is 1.19 bits per heavy atom. The van der Waals surface area contributed by atoms with Crippen LogP contribution in [0, 0.1) is 0 Å². The first-order valence-electron chi connectivity index (χ1n) is 8.36. The van der Waals surface area contributed by atoms with Crippen molar-refractivity contribution in [3.05, 3.63) is 59.1 Å². The largest absolute Gasteiger partial charge is 0.492 e. The number of tetrazole rings is 1. The zero-order valence-electron chi connectivity index (χ0n) is 14.8. The first-order valence-corrected chi connectivity index (χ1v) is 9.73. The van der Waals surface area contributed by atoms with Crippen LogP contribution in [-0.2, 0) is 6.54 Å². The number of para-hydroxylation sites is 1. The second-order valence-electron chi connectivity index (χ2n) is 5.43. The molecule has 0 saturated heterocycles. The zero-order valence-corrected chi connectivity index (χ0v) is 17.2. The van der Waals surface area contributed by atoms with Gasteiger partial charge >= 0.3 is 0 Å². The Kier molecular flexibility index (Phi) is 8.87. The summed E-state index contributed by atoms with van der Waals surface area (Å²) < 4.78 is 7.19. The number of nitrogens with one attached hydrogen (secondary N) is 1. The average molecular weight is 426 g/mol. The number of rotatable bonds is 9. The molecule has 0 spiro atoms. The van der Waals surface area contributed by atoms with E-state index in [0.717, 1.165) is 41.0 Å². The van der Waals surface area contributed by atoms with Crippen molar-refractivity contribution in [3.8, 4) is 11.4 Å². The van der Waals surface area contributed by atoms with Gasteiger partial charge in [-0.2, -0.15) is 4.68 Å². The molecule has 9 heteroatoms. The van der Waals surface area contributed by atoms with Gasteiger partial charge in [0.2, 0.25) is 5.16 Å². The number of aromatic nitrogens is 4. The Hall–Kier alpha value is -1.80. The Labute approximate surface area is 174 Å². The lowest BCUT2D eigenvalue weighted by molar-refractivity contribution is 0.340. The van der Waals surface area contributed by atoms with Crippen molar-refractivity contribution in [3.63, 3.8) is 0 Å². The summed E-state index contributed by atoms with van der Waals surface area (Å²) in [5, 5.41) is 16.7. The molecule has 0 fully saturated rings. The molecule has 0 saturated carbocycles. The van der Waals surface area contributed by atoms with E-state index in [-0.39, 0.29) is 12.4 Å². The fourth-order valence-corrected chi connectivity index (χ4v) is 3.42. The van der Waals surface area contributed by atoms with Gasteiger partial charge in [0.05, 0.1) is 17.3 Å². The molecule has 0 unspecified atom stereocenters.